The highest BCUT2D eigenvalue weighted by atomic mass is 35.5. The van der Waals surface area contributed by atoms with E-state index in [0.717, 1.165) is 0 Å². The summed E-state index contributed by atoms with van der Waals surface area (Å²) in [5.74, 6) is -0.728. The monoisotopic (exact) mass is 591 g/mol. The summed E-state index contributed by atoms with van der Waals surface area (Å²) in [5, 5.41) is 2.83. The average molecular weight is 593 g/mol. The molecular formula is C26H27Cl2N5O5S. The van der Waals surface area contributed by atoms with E-state index in [4.69, 9.17) is 27.9 Å². The van der Waals surface area contributed by atoms with Crippen molar-refractivity contribution in [2.45, 2.75) is 25.3 Å². The zero-order valence-electron chi connectivity index (χ0n) is 21.7. The summed E-state index contributed by atoms with van der Waals surface area (Å²) in [6.45, 7) is 7.04. The van der Waals surface area contributed by atoms with Gasteiger partial charge in [0.25, 0.3) is 15.6 Å². The first-order valence-corrected chi connectivity index (χ1v) is 13.8. The Morgan fingerprint density at radius 2 is 2.00 bits per heavy atom. The molecule has 2 N–H and O–H groups in total. The molecule has 206 valence electrons. The summed E-state index contributed by atoms with van der Waals surface area (Å²) in [6, 6.07) is 9.30. The fourth-order valence-electron chi connectivity index (χ4n) is 3.74. The largest absolute Gasteiger partial charge is 0.480 e. The Bertz CT molecular complexity index is 1660. The van der Waals surface area contributed by atoms with Gasteiger partial charge in [-0.1, -0.05) is 42.3 Å². The number of hydrogen-bond donors (Lipinski definition) is 2. The number of aromatic nitrogens is 2. The molecular weight excluding hydrogens is 565 g/mol. The second-order valence-corrected chi connectivity index (χ2v) is 11.0. The molecule has 0 aliphatic heterocycles. The Morgan fingerprint density at radius 3 is 2.64 bits per heavy atom. The van der Waals surface area contributed by atoms with E-state index in [9.17, 15) is 18.0 Å². The van der Waals surface area contributed by atoms with Crippen LogP contribution < -0.4 is 15.6 Å². The average Bonchev–Trinajstić information content (AvgIpc) is 2.91. The number of carbonyl (C=O) groups excluding carboxylic acids is 1. The zero-order valence-corrected chi connectivity index (χ0v) is 24.0. The van der Waals surface area contributed by atoms with E-state index in [1.165, 1.54) is 49.3 Å². The van der Waals surface area contributed by atoms with E-state index in [-0.39, 0.29) is 44.5 Å². The van der Waals surface area contributed by atoms with Crippen LogP contribution in [0.1, 0.15) is 19.4 Å². The van der Waals surface area contributed by atoms with Crippen molar-refractivity contribution in [3.63, 3.8) is 0 Å². The van der Waals surface area contributed by atoms with Crippen LogP contribution in [0, 0.1) is 5.92 Å². The van der Waals surface area contributed by atoms with Crippen LogP contribution in [0.5, 0.6) is 0 Å². The second-order valence-electron chi connectivity index (χ2n) is 8.52. The van der Waals surface area contributed by atoms with Gasteiger partial charge in [0.1, 0.15) is 10.6 Å². The van der Waals surface area contributed by atoms with Crippen molar-refractivity contribution in [1.82, 2.24) is 19.6 Å². The van der Waals surface area contributed by atoms with Gasteiger partial charge in [-0.15, -0.1) is 0 Å². The van der Waals surface area contributed by atoms with Crippen molar-refractivity contribution in [3.8, 4) is 0 Å². The van der Waals surface area contributed by atoms with Gasteiger partial charge >= 0.3 is 0 Å². The molecule has 0 bridgehead atoms. The molecule has 0 radical (unpaired) electrons. The Kier molecular flexibility index (Phi) is 9.54. The quantitative estimate of drug-likeness (QED) is 0.208. The summed E-state index contributed by atoms with van der Waals surface area (Å²) in [4.78, 5) is 33.0. The highest BCUT2D eigenvalue weighted by Gasteiger charge is 2.22. The number of allylic oxidation sites excluding steroid dienone is 2. The number of hydrogen-bond acceptors (Lipinski definition) is 7. The molecule has 0 spiro atoms. The molecule has 1 amide bonds. The molecule has 0 fully saturated rings. The number of ether oxygens (including phenoxy) is 1. The van der Waals surface area contributed by atoms with Gasteiger partial charge in [0, 0.05) is 13.6 Å². The van der Waals surface area contributed by atoms with Crippen molar-refractivity contribution in [1.29, 1.82) is 0 Å². The number of nitrogens with one attached hydrogen (secondary N) is 2. The van der Waals surface area contributed by atoms with Gasteiger partial charge in [-0.3, -0.25) is 18.9 Å². The number of nitrogens with zero attached hydrogens (tertiary/aromatic N) is 3. The second kappa shape index (κ2) is 12.5. The van der Waals surface area contributed by atoms with Gasteiger partial charge in [0.2, 0.25) is 11.8 Å². The number of benzene rings is 2. The van der Waals surface area contributed by atoms with E-state index in [2.05, 4.69) is 26.7 Å². The third-order valence-corrected chi connectivity index (χ3v) is 8.16. The molecule has 39 heavy (non-hydrogen) atoms. The first kappa shape index (κ1) is 29.9. The lowest BCUT2D eigenvalue weighted by Crippen LogP contribution is -2.32. The van der Waals surface area contributed by atoms with Gasteiger partial charge in [-0.05, 0) is 55.1 Å². The van der Waals surface area contributed by atoms with E-state index in [0.29, 0.717) is 22.0 Å². The van der Waals surface area contributed by atoms with Crippen LogP contribution in [0.2, 0.25) is 10.0 Å². The topological polar surface area (TPSA) is 132 Å². The molecule has 3 aromatic rings. The number of fused-ring (bicyclic) bond motifs is 1. The van der Waals surface area contributed by atoms with E-state index >= 15 is 0 Å². The fourth-order valence-corrected chi connectivity index (χ4v) is 5.55. The summed E-state index contributed by atoms with van der Waals surface area (Å²) < 4.78 is 35.4. The van der Waals surface area contributed by atoms with Crippen molar-refractivity contribution in [2.75, 3.05) is 14.2 Å². The Morgan fingerprint density at radius 1 is 1.28 bits per heavy atom. The van der Waals surface area contributed by atoms with Crippen LogP contribution in [-0.4, -0.2) is 44.8 Å². The summed E-state index contributed by atoms with van der Waals surface area (Å²) in [6.07, 6.45) is 2.90. The van der Waals surface area contributed by atoms with Gasteiger partial charge in [0.05, 0.1) is 40.3 Å². The minimum atomic E-state index is -4.21. The van der Waals surface area contributed by atoms with Crippen LogP contribution >= 0.6 is 23.2 Å². The molecule has 1 heterocycles. The van der Waals surface area contributed by atoms with E-state index in [1.807, 2.05) is 0 Å². The van der Waals surface area contributed by atoms with Gasteiger partial charge in [0.15, 0.2) is 0 Å². The van der Waals surface area contributed by atoms with Crippen molar-refractivity contribution < 1.29 is 17.9 Å². The number of aliphatic imine (C=N–C) groups is 1. The Labute approximate surface area is 236 Å². The zero-order chi connectivity index (χ0) is 28.9. The first-order valence-electron chi connectivity index (χ1n) is 11.5. The smallest absolute Gasteiger partial charge is 0.263 e. The van der Waals surface area contributed by atoms with Gasteiger partial charge < -0.3 is 10.1 Å². The van der Waals surface area contributed by atoms with E-state index in [1.54, 1.807) is 32.0 Å². The maximum atomic E-state index is 13.2. The lowest BCUT2D eigenvalue weighted by molar-refractivity contribution is -0.124. The van der Waals surface area contributed by atoms with Gasteiger partial charge in [-0.25, -0.2) is 18.4 Å². The normalized spacial score (nSPS) is 13.4. The van der Waals surface area contributed by atoms with Crippen molar-refractivity contribution in [2.24, 2.45) is 10.9 Å². The van der Waals surface area contributed by atoms with Crippen LogP contribution in [0.15, 0.2) is 75.1 Å². The lowest BCUT2D eigenvalue weighted by Gasteiger charge is -2.14. The maximum absolute atomic E-state index is 13.2. The SMILES string of the molecule is C=N/C(OC)=C(\C=C(/C)c1ccc2ncn(CC(C)C(=O)NC)c(=O)c2c1)NS(=O)(=O)c1cccc(Cl)c1Cl. The molecule has 1 atom stereocenters. The molecule has 2 aromatic carbocycles. The van der Waals surface area contributed by atoms with Crippen LogP contribution in [-0.2, 0) is 26.1 Å². The molecule has 0 saturated heterocycles. The number of halogens is 2. The minimum absolute atomic E-state index is 0.0239. The molecule has 0 aliphatic rings. The van der Waals surface area contributed by atoms with Crippen LogP contribution in [0.4, 0.5) is 0 Å². The number of amides is 1. The summed E-state index contributed by atoms with van der Waals surface area (Å²) in [7, 11) is -1.36. The predicted octanol–water partition coefficient (Wildman–Crippen LogP) is 3.98. The number of methoxy groups -OCH3 is 1. The number of carbonyl (C=O) groups is 1. The lowest BCUT2D eigenvalue weighted by atomic mass is 10.0. The number of rotatable bonds is 10. The molecule has 10 nitrogen and oxygen atoms in total. The summed E-state index contributed by atoms with van der Waals surface area (Å²) in [5.41, 5.74) is 1.30. The van der Waals surface area contributed by atoms with Crippen LogP contribution in [0.3, 0.4) is 0 Å². The van der Waals surface area contributed by atoms with Crippen LogP contribution in [0.25, 0.3) is 16.5 Å². The minimum Gasteiger partial charge on any atom is -0.480 e. The first-order chi connectivity index (χ1) is 18.4. The predicted molar refractivity (Wildman–Crippen MR) is 153 cm³/mol. The molecule has 3 rings (SSSR count). The molecule has 0 saturated carbocycles. The van der Waals surface area contributed by atoms with E-state index < -0.39 is 15.9 Å². The fraction of sp³-hybridized carbons (Fsp3) is 0.231. The standard InChI is InChI=1S/C26H27Cl2N5O5S/c1-15(11-21(25(30-4)38-5)32-39(36,37)22-8-6-7-19(27)23(22)28)17-9-10-20-18(12-17)26(35)33(14-31-20)13-16(2)24(34)29-3/h6-12,14,16,32H,4,13H2,1-3,5H3,(H,29,34)/b15-11+,25-21-. The maximum Gasteiger partial charge on any atom is 0.263 e. The van der Waals surface area contributed by atoms with Crippen molar-refractivity contribution >= 4 is 62.3 Å². The third kappa shape index (κ3) is 6.67. The van der Waals surface area contributed by atoms with Crippen molar-refractivity contribution in [3.05, 3.63) is 86.3 Å². The van der Waals surface area contributed by atoms with Gasteiger partial charge in [-0.2, -0.15) is 0 Å². The molecule has 1 aromatic heterocycles. The summed E-state index contributed by atoms with van der Waals surface area (Å²) >= 11 is 12.1. The Hall–Kier alpha value is -3.67. The highest BCUT2D eigenvalue weighted by Crippen LogP contribution is 2.30. The molecule has 0 aliphatic carbocycles. The Balaban J connectivity index is 2.06. The highest BCUT2D eigenvalue weighted by molar-refractivity contribution is 7.89. The molecule has 13 heteroatoms. The number of sulfonamides is 1. The molecule has 1 unspecified atom stereocenters. The third-order valence-electron chi connectivity index (χ3n) is 5.82.